The Bertz CT molecular complexity index is 965. The molecule has 3 heterocycles. The number of aromatic nitrogens is 3. The Hall–Kier alpha value is -2.31. The quantitative estimate of drug-likeness (QED) is 0.482. The second-order valence-electron chi connectivity index (χ2n) is 4.74. The van der Waals surface area contributed by atoms with Crippen molar-refractivity contribution in [3.05, 3.63) is 64.4 Å². The van der Waals surface area contributed by atoms with Crippen molar-refractivity contribution in [2.75, 3.05) is 0 Å². The highest BCUT2D eigenvalue weighted by molar-refractivity contribution is 9.10. The predicted octanol–water partition coefficient (Wildman–Crippen LogP) is 5.20. The topological polar surface area (TPSA) is 52.6 Å². The molecule has 0 radical (unpaired) electrons. The van der Waals surface area contributed by atoms with Gasteiger partial charge in [0, 0.05) is 11.1 Å². The van der Waals surface area contributed by atoms with Crippen molar-refractivity contribution >= 4 is 33.2 Å². The summed E-state index contributed by atoms with van der Waals surface area (Å²) in [5.74, 6) is 1.83. The van der Waals surface area contributed by atoms with Crippen LogP contribution in [0.1, 0.15) is 0 Å². The molecule has 1 aromatic carbocycles. The Kier molecular flexibility index (Phi) is 3.55. The molecule has 114 valence electrons. The molecule has 4 aromatic rings. The van der Waals surface area contributed by atoms with E-state index < -0.39 is 0 Å². The van der Waals surface area contributed by atoms with Crippen molar-refractivity contribution in [1.29, 1.82) is 0 Å². The van der Waals surface area contributed by atoms with Crippen LogP contribution in [0, 0.1) is 0 Å². The second-order valence-corrected chi connectivity index (χ2v) is 6.03. The van der Waals surface area contributed by atoms with Gasteiger partial charge < -0.3 is 9.15 Å². The average Bonchev–Trinajstić information content (AvgIpc) is 3.20. The number of furan rings is 1. The number of rotatable bonds is 3. The standard InChI is InChI=1S/C16H9BrClN3O2/c17-12-9-19-21-15(23-11-5-3-10(18)4-6-11)8-13(20-16(12)21)14-2-1-7-22-14/h1-9H. The first kappa shape index (κ1) is 14.3. The number of nitrogens with zero attached hydrogens (tertiary/aromatic N) is 3. The summed E-state index contributed by atoms with van der Waals surface area (Å²) in [6.45, 7) is 0. The molecular weight excluding hydrogens is 382 g/mol. The maximum absolute atomic E-state index is 5.94. The van der Waals surface area contributed by atoms with Gasteiger partial charge in [-0.2, -0.15) is 9.61 Å². The van der Waals surface area contributed by atoms with Crippen molar-refractivity contribution in [2.45, 2.75) is 0 Å². The van der Waals surface area contributed by atoms with Crippen LogP contribution in [-0.4, -0.2) is 14.6 Å². The molecule has 0 saturated carbocycles. The van der Waals surface area contributed by atoms with Crippen LogP contribution in [-0.2, 0) is 0 Å². The van der Waals surface area contributed by atoms with Crippen LogP contribution in [0.5, 0.6) is 11.6 Å². The molecule has 23 heavy (non-hydrogen) atoms. The van der Waals surface area contributed by atoms with Crippen molar-refractivity contribution in [3.8, 4) is 23.1 Å². The first-order valence-electron chi connectivity index (χ1n) is 6.72. The number of hydrogen-bond acceptors (Lipinski definition) is 4. The average molecular weight is 391 g/mol. The fourth-order valence-corrected chi connectivity index (χ4v) is 2.63. The van der Waals surface area contributed by atoms with Gasteiger partial charge in [0.25, 0.3) is 0 Å². The molecule has 7 heteroatoms. The SMILES string of the molecule is Clc1ccc(Oc2cc(-c3ccco3)nc3c(Br)cnn23)cc1. The van der Waals surface area contributed by atoms with Crippen LogP contribution in [0.2, 0.25) is 5.02 Å². The lowest BCUT2D eigenvalue weighted by atomic mass is 10.3. The van der Waals surface area contributed by atoms with Gasteiger partial charge in [-0.25, -0.2) is 4.98 Å². The highest BCUT2D eigenvalue weighted by Crippen LogP contribution is 2.30. The molecule has 0 saturated heterocycles. The molecule has 0 aliphatic carbocycles. The maximum Gasteiger partial charge on any atom is 0.224 e. The molecule has 0 N–H and O–H groups in total. The van der Waals surface area contributed by atoms with E-state index in [4.69, 9.17) is 20.8 Å². The van der Waals surface area contributed by atoms with Gasteiger partial charge in [-0.1, -0.05) is 11.6 Å². The molecule has 0 unspecified atom stereocenters. The van der Waals surface area contributed by atoms with E-state index >= 15 is 0 Å². The Morgan fingerprint density at radius 1 is 1.17 bits per heavy atom. The lowest BCUT2D eigenvalue weighted by Gasteiger charge is -2.09. The molecule has 0 amide bonds. The Balaban J connectivity index is 1.85. The molecule has 0 aliphatic rings. The molecule has 0 fully saturated rings. The van der Waals surface area contributed by atoms with Gasteiger partial charge in [0.15, 0.2) is 11.4 Å². The molecule has 3 aromatic heterocycles. The van der Waals surface area contributed by atoms with Gasteiger partial charge in [-0.15, -0.1) is 0 Å². The summed E-state index contributed by atoms with van der Waals surface area (Å²) in [6.07, 6.45) is 3.27. The molecule has 0 bridgehead atoms. The fraction of sp³-hybridized carbons (Fsp3) is 0. The largest absolute Gasteiger partial charge is 0.463 e. The van der Waals surface area contributed by atoms with Crippen molar-refractivity contribution in [2.24, 2.45) is 0 Å². The first-order valence-corrected chi connectivity index (χ1v) is 7.89. The zero-order valence-electron chi connectivity index (χ0n) is 11.6. The lowest BCUT2D eigenvalue weighted by Crippen LogP contribution is -1.98. The third-order valence-corrected chi connectivity index (χ3v) is 4.02. The fourth-order valence-electron chi connectivity index (χ4n) is 2.16. The van der Waals surface area contributed by atoms with E-state index in [-0.39, 0.29) is 0 Å². The summed E-state index contributed by atoms with van der Waals surface area (Å²) in [7, 11) is 0. The van der Waals surface area contributed by atoms with E-state index in [0.29, 0.717) is 33.8 Å². The van der Waals surface area contributed by atoms with Gasteiger partial charge in [-0.3, -0.25) is 0 Å². The lowest BCUT2D eigenvalue weighted by molar-refractivity contribution is 0.446. The van der Waals surface area contributed by atoms with E-state index in [1.807, 2.05) is 12.1 Å². The van der Waals surface area contributed by atoms with E-state index in [9.17, 15) is 0 Å². The van der Waals surface area contributed by atoms with E-state index in [1.165, 1.54) is 0 Å². The van der Waals surface area contributed by atoms with Crippen molar-refractivity contribution in [3.63, 3.8) is 0 Å². The predicted molar refractivity (Wildman–Crippen MR) is 89.9 cm³/mol. The molecular formula is C16H9BrClN3O2. The Labute approximate surface area is 144 Å². The molecule has 4 rings (SSSR count). The highest BCUT2D eigenvalue weighted by atomic mass is 79.9. The zero-order chi connectivity index (χ0) is 15.8. The summed E-state index contributed by atoms with van der Waals surface area (Å²) in [5.41, 5.74) is 1.30. The summed E-state index contributed by atoms with van der Waals surface area (Å²) in [5, 5.41) is 4.93. The van der Waals surface area contributed by atoms with Gasteiger partial charge in [-0.05, 0) is 52.3 Å². The smallest absolute Gasteiger partial charge is 0.224 e. The molecule has 0 spiro atoms. The second kappa shape index (κ2) is 5.72. The highest BCUT2D eigenvalue weighted by Gasteiger charge is 2.14. The summed E-state index contributed by atoms with van der Waals surface area (Å²) >= 11 is 9.35. The van der Waals surface area contributed by atoms with Crippen molar-refractivity contribution in [1.82, 2.24) is 14.6 Å². The number of ether oxygens (including phenoxy) is 1. The van der Waals surface area contributed by atoms with Gasteiger partial charge in [0.05, 0.1) is 16.9 Å². The third kappa shape index (κ3) is 2.71. The van der Waals surface area contributed by atoms with Crippen LogP contribution in [0.15, 0.2) is 63.8 Å². The Morgan fingerprint density at radius 2 is 2.00 bits per heavy atom. The van der Waals surface area contributed by atoms with Crippen molar-refractivity contribution < 1.29 is 9.15 Å². The van der Waals surface area contributed by atoms with Gasteiger partial charge >= 0.3 is 0 Å². The monoisotopic (exact) mass is 389 g/mol. The number of halogens is 2. The van der Waals surface area contributed by atoms with Crippen LogP contribution in [0.25, 0.3) is 17.1 Å². The summed E-state index contributed by atoms with van der Waals surface area (Å²) in [4.78, 5) is 4.55. The van der Waals surface area contributed by atoms with E-state index in [0.717, 1.165) is 4.47 Å². The molecule has 0 atom stereocenters. The minimum Gasteiger partial charge on any atom is -0.463 e. The molecule has 5 nitrogen and oxygen atoms in total. The number of benzene rings is 1. The third-order valence-electron chi connectivity index (χ3n) is 3.21. The normalized spacial score (nSPS) is 11.0. The van der Waals surface area contributed by atoms with E-state index in [2.05, 4.69) is 26.0 Å². The minimum absolute atomic E-state index is 0.523. The number of hydrogen-bond donors (Lipinski definition) is 0. The van der Waals surface area contributed by atoms with Crippen LogP contribution in [0.3, 0.4) is 0 Å². The van der Waals surface area contributed by atoms with Gasteiger partial charge in [0.1, 0.15) is 11.4 Å². The van der Waals surface area contributed by atoms with Crippen LogP contribution < -0.4 is 4.74 Å². The van der Waals surface area contributed by atoms with Crippen LogP contribution in [0.4, 0.5) is 0 Å². The van der Waals surface area contributed by atoms with Crippen LogP contribution >= 0.6 is 27.5 Å². The minimum atomic E-state index is 0.523. The van der Waals surface area contributed by atoms with Gasteiger partial charge in [0.2, 0.25) is 5.88 Å². The summed E-state index contributed by atoms with van der Waals surface area (Å²) < 4.78 is 13.7. The zero-order valence-corrected chi connectivity index (χ0v) is 14.0. The number of fused-ring (bicyclic) bond motifs is 1. The summed E-state index contributed by atoms with van der Waals surface area (Å²) in [6, 6.07) is 12.5. The Morgan fingerprint density at radius 3 is 2.74 bits per heavy atom. The maximum atomic E-state index is 5.94. The van der Waals surface area contributed by atoms with E-state index in [1.54, 1.807) is 47.3 Å². The first-order chi connectivity index (χ1) is 11.2. The molecule has 0 aliphatic heterocycles.